The number of H-pyrrole nitrogens is 1. The number of piperazine rings is 1. The predicted molar refractivity (Wildman–Crippen MR) is 106 cm³/mol. The molecule has 1 unspecified atom stereocenters. The van der Waals surface area contributed by atoms with E-state index in [0.29, 0.717) is 19.6 Å². The molecular formula is C17H24ClN5O4S. The Kier molecular flexibility index (Phi) is 7.96. The normalized spacial score (nSPS) is 17.2. The average Bonchev–Trinajstić information content (AvgIpc) is 3.19. The van der Waals surface area contributed by atoms with Crippen LogP contribution in [-0.4, -0.2) is 69.1 Å². The number of aromatic nitrogens is 2. The van der Waals surface area contributed by atoms with Crippen LogP contribution in [0.4, 0.5) is 0 Å². The number of nitrogens with zero attached hydrogens (tertiary/aromatic N) is 2. The quantitative estimate of drug-likeness (QED) is 0.553. The second-order valence-corrected chi connectivity index (χ2v) is 7.91. The highest BCUT2D eigenvalue weighted by Gasteiger charge is 2.30. The lowest BCUT2D eigenvalue weighted by Crippen LogP contribution is -2.48. The molecule has 1 aliphatic heterocycles. The summed E-state index contributed by atoms with van der Waals surface area (Å²) >= 11 is 0. The summed E-state index contributed by atoms with van der Waals surface area (Å²) in [4.78, 5) is 21.7. The number of sulfonamides is 1. The molecule has 3 heterocycles. The highest BCUT2D eigenvalue weighted by atomic mass is 35.5. The first-order valence-electron chi connectivity index (χ1n) is 8.61. The third kappa shape index (κ3) is 5.09. The molecule has 1 atom stereocenters. The molecule has 1 saturated heterocycles. The molecule has 0 aromatic carbocycles. The SMILES string of the molecule is COCCNS(=O)(=O)c1c[nH]c(C(=O)N2CCNCC2c2cccnc2)c1.Cl. The van der Waals surface area contributed by atoms with E-state index in [2.05, 4.69) is 20.0 Å². The fourth-order valence-electron chi connectivity index (χ4n) is 2.99. The zero-order chi connectivity index (χ0) is 19.3. The van der Waals surface area contributed by atoms with Crippen molar-refractivity contribution in [2.24, 2.45) is 0 Å². The number of nitrogens with one attached hydrogen (secondary N) is 3. The largest absolute Gasteiger partial charge is 0.383 e. The van der Waals surface area contributed by atoms with E-state index in [-0.39, 0.29) is 48.1 Å². The van der Waals surface area contributed by atoms with Crippen molar-refractivity contribution in [3.63, 3.8) is 0 Å². The fourth-order valence-corrected chi connectivity index (χ4v) is 3.99. The monoisotopic (exact) mass is 429 g/mol. The lowest BCUT2D eigenvalue weighted by molar-refractivity contribution is 0.0628. The Morgan fingerprint density at radius 3 is 3.00 bits per heavy atom. The second kappa shape index (κ2) is 9.99. The number of carbonyl (C=O) groups excluding carboxylic acids is 1. The lowest BCUT2D eigenvalue weighted by Gasteiger charge is -2.36. The summed E-state index contributed by atoms with van der Waals surface area (Å²) in [6.07, 6.45) is 4.75. The van der Waals surface area contributed by atoms with Gasteiger partial charge in [-0.15, -0.1) is 12.4 Å². The zero-order valence-corrected chi connectivity index (χ0v) is 17.1. The van der Waals surface area contributed by atoms with Gasteiger partial charge in [-0.05, 0) is 17.7 Å². The van der Waals surface area contributed by atoms with E-state index in [4.69, 9.17) is 4.74 Å². The van der Waals surface area contributed by atoms with Crippen molar-refractivity contribution in [3.05, 3.63) is 48.0 Å². The minimum Gasteiger partial charge on any atom is -0.383 e. The number of ether oxygens (including phenoxy) is 1. The van der Waals surface area contributed by atoms with Crippen molar-refractivity contribution < 1.29 is 17.9 Å². The number of amides is 1. The molecule has 1 amide bonds. The van der Waals surface area contributed by atoms with Gasteiger partial charge < -0.3 is 19.9 Å². The van der Waals surface area contributed by atoms with Crippen molar-refractivity contribution in [2.75, 3.05) is 39.9 Å². The third-order valence-electron chi connectivity index (χ3n) is 4.37. The van der Waals surface area contributed by atoms with Crippen molar-refractivity contribution in [3.8, 4) is 0 Å². The van der Waals surface area contributed by atoms with Crippen molar-refractivity contribution in [1.29, 1.82) is 0 Å². The van der Waals surface area contributed by atoms with Crippen LogP contribution in [0.2, 0.25) is 0 Å². The summed E-state index contributed by atoms with van der Waals surface area (Å²) in [5.41, 5.74) is 1.16. The third-order valence-corrected chi connectivity index (χ3v) is 5.81. The van der Waals surface area contributed by atoms with E-state index in [9.17, 15) is 13.2 Å². The predicted octanol–water partition coefficient (Wildman–Crippen LogP) is 0.543. The van der Waals surface area contributed by atoms with Gasteiger partial charge in [-0.3, -0.25) is 9.78 Å². The van der Waals surface area contributed by atoms with Crippen LogP contribution in [0.25, 0.3) is 0 Å². The smallest absolute Gasteiger partial charge is 0.270 e. The van der Waals surface area contributed by atoms with Gasteiger partial charge in [-0.25, -0.2) is 13.1 Å². The van der Waals surface area contributed by atoms with Crippen LogP contribution in [0, 0.1) is 0 Å². The van der Waals surface area contributed by atoms with E-state index in [1.807, 2.05) is 12.1 Å². The molecular weight excluding hydrogens is 406 g/mol. The van der Waals surface area contributed by atoms with Crippen LogP contribution in [0.15, 0.2) is 41.7 Å². The highest BCUT2D eigenvalue weighted by molar-refractivity contribution is 7.89. The first-order valence-corrected chi connectivity index (χ1v) is 10.1. The van der Waals surface area contributed by atoms with E-state index in [0.717, 1.165) is 5.56 Å². The van der Waals surface area contributed by atoms with Gasteiger partial charge in [0, 0.05) is 51.9 Å². The zero-order valence-electron chi connectivity index (χ0n) is 15.4. The summed E-state index contributed by atoms with van der Waals surface area (Å²) < 4.78 is 31.8. The Bertz CT molecular complexity index is 875. The highest BCUT2D eigenvalue weighted by Crippen LogP contribution is 2.24. The summed E-state index contributed by atoms with van der Waals surface area (Å²) in [5, 5.41) is 3.28. The maximum absolute atomic E-state index is 13.0. The number of aromatic amines is 1. The van der Waals surface area contributed by atoms with Gasteiger partial charge in [0.15, 0.2) is 0 Å². The van der Waals surface area contributed by atoms with Crippen LogP contribution in [0.5, 0.6) is 0 Å². The molecule has 0 spiro atoms. The standard InChI is InChI=1S/C17H23N5O4S.ClH/c1-26-8-6-21-27(24,25)14-9-15(20-11-14)17(23)22-7-5-19-12-16(22)13-3-2-4-18-10-13;/h2-4,9-11,16,19-21H,5-8,12H2,1H3;1H. The van der Waals surface area contributed by atoms with Crippen molar-refractivity contribution in [1.82, 2.24) is 24.9 Å². The summed E-state index contributed by atoms with van der Waals surface area (Å²) in [5.74, 6) is -0.247. The second-order valence-electron chi connectivity index (χ2n) is 6.14. The first-order chi connectivity index (χ1) is 13.0. The Labute approximate surface area is 170 Å². The minimum atomic E-state index is -3.70. The van der Waals surface area contributed by atoms with E-state index in [1.165, 1.54) is 19.4 Å². The van der Waals surface area contributed by atoms with Crippen molar-refractivity contribution in [2.45, 2.75) is 10.9 Å². The van der Waals surface area contributed by atoms with E-state index in [1.54, 1.807) is 17.3 Å². The van der Waals surface area contributed by atoms with Crippen LogP contribution in [0.3, 0.4) is 0 Å². The Hall–Kier alpha value is -1.98. The maximum atomic E-state index is 13.0. The van der Waals surface area contributed by atoms with Crippen LogP contribution in [0.1, 0.15) is 22.1 Å². The molecule has 0 aliphatic carbocycles. The topological polar surface area (TPSA) is 116 Å². The number of hydrogen-bond donors (Lipinski definition) is 3. The number of carbonyl (C=O) groups is 1. The summed E-state index contributed by atoms with van der Waals surface area (Å²) in [6, 6.07) is 4.95. The van der Waals surface area contributed by atoms with Gasteiger partial charge in [0.1, 0.15) is 10.6 Å². The molecule has 0 bridgehead atoms. The Morgan fingerprint density at radius 1 is 1.46 bits per heavy atom. The first kappa shape index (κ1) is 22.3. The number of pyridine rings is 1. The molecule has 0 saturated carbocycles. The van der Waals surface area contributed by atoms with Gasteiger partial charge in [-0.1, -0.05) is 6.07 Å². The molecule has 2 aromatic heterocycles. The molecule has 9 nitrogen and oxygen atoms in total. The van der Waals surface area contributed by atoms with Gasteiger partial charge in [0.25, 0.3) is 5.91 Å². The minimum absolute atomic E-state index is 0. The number of hydrogen-bond acceptors (Lipinski definition) is 6. The molecule has 154 valence electrons. The van der Waals surface area contributed by atoms with E-state index < -0.39 is 10.0 Å². The summed E-state index contributed by atoms with van der Waals surface area (Å²) in [6.45, 7) is 2.23. The number of rotatable bonds is 7. The average molecular weight is 430 g/mol. The summed E-state index contributed by atoms with van der Waals surface area (Å²) in [7, 11) is -2.20. The van der Waals surface area contributed by atoms with Crippen molar-refractivity contribution >= 4 is 28.3 Å². The Balaban J connectivity index is 0.00000280. The van der Waals surface area contributed by atoms with Crippen LogP contribution >= 0.6 is 12.4 Å². The molecule has 1 fully saturated rings. The molecule has 1 aliphatic rings. The molecule has 2 aromatic rings. The lowest BCUT2D eigenvalue weighted by atomic mass is 10.0. The van der Waals surface area contributed by atoms with E-state index >= 15 is 0 Å². The van der Waals surface area contributed by atoms with Gasteiger partial charge >= 0.3 is 0 Å². The molecule has 11 heteroatoms. The molecule has 0 radical (unpaired) electrons. The molecule has 28 heavy (non-hydrogen) atoms. The number of halogens is 1. The van der Waals surface area contributed by atoms with Gasteiger partial charge in [0.05, 0.1) is 12.6 Å². The van der Waals surface area contributed by atoms with Gasteiger partial charge in [0.2, 0.25) is 10.0 Å². The molecule has 3 N–H and O–H groups in total. The maximum Gasteiger partial charge on any atom is 0.270 e. The number of methoxy groups -OCH3 is 1. The van der Waals surface area contributed by atoms with Gasteiger partial charge in [-0.2, -0.15) is 0 Å². The van der Waals surface area contributed by atoms with Crippen LogP contribution < -0.4 is 10.0 Å². The fraction of sp³-hybridized carbons (Fsp3) is 0.412. The van der Waals surface area contributed by atoms with Crippen LogP contribution in [-0.2, 0) is 14.8 Å². The Morgan fingerprint density at radius 2 is 2.29 bits per heavy atom. The molecule has 3 rings (SSSR count).